The fraction of sp³-hybridized carbons (Fsp3) is 0.800. The number of ether oxygens (including phenoxy) is 1. The molecule has 5 nitrogen and oxygen atoms in total. The van der Waals surface area contributed by atoms with E-state index < -0.39 is 12.1 Å². The van der Waals surface area contributed by atoms with Crippen molar-refractivity contribution < 1.29 is 19.7 Å². The molecule has 0 saturated heterocycles. The molecule has 5 heteroatoms. The average molecular weight is 149 g/mol. The maximum Gasteiger partial charge on any atom is 0.320 e. The van der Waals surface area contributed by atoms with Gasteiger partial charge in [-0.25, -0.2) is 0 Å². The van der Waals surface area contributed by atoms with E-state index in [0.717, 1.165) is 0 Å². The molecule has 0 aromatic heterocycles. The van der Waals surface area contributed by atoms with Crippen LogP contribution in [-0.4, -0.2) is 42.0 Å². The maximum atomic E-state index is 10.4. The van der Waals surface area contributed by atoms with Crippen molar-refractivity contribution in [1.82, 2.24) is 0 Å². The van der Waals surface area contributed by atoms with E-state index in [0.29, 0.717) is 0 Å². The van der Waals surface area contributed by atoms with Crippen LogP contribution in [0.3, 0.4) is 0 Å². The highest BCUT2D eigenvalue weighted by Crippen LogP contribution is 1.88. The normalized spacial score (nSPS) is 10.0. The molecule has 0 saturated carbocycles. The van der Waals surface area contributed by atoms with Crippen LogP contribution in [0.15, 0.2) is 0 Å². The van der Waals surface area contributed by atoms with E-state index in [1.165, 1.54) is 0 Å². The van der Waals surface area contributed by atoms with Gasteiger partial charge in [0.2, 0.25) is 0 Å². The number of aliphatic hydroxyl groups is 2. The van der Waals surface area contributed by atoms with Crippen molar-refractivity contribution in [2.24, 2.45) is 5.73 Å². The molecule has 10 heavy (non-hydrogen) atoms. The van der Waals surface area contributed by atoms with Crippen molar-refractivity contribution in [2.75, 3.05) is 19.8 Å². The number of carbonyl (C=O) groups is 1. The van der Waals surface area contributed by atoms with E-state index in [-0.39, 0.29) is 19.8 Å². The summed E-state index contributed by atoms with van der Waals surface area (Å²) in [5.41, 5.74) is 4.89. The molecule has 0 aliphatic heterocycles. The summed E-state index contributed by atoms with van der Waals surface area (Å²) in [6.45, 7) is -1.01. The summed E-state index contributed by atoms with van der Waals surface area (Å²) in [4.78, 5) is 10.4. The molecule has 0 aliphatic rings. The Bertz CT molecular complexity index is 102. The molecule has 0 rings (SSSR count). The van der Waals surface area contributed by atoms with Crippen molar-refractivity contribution in [3.63, 3.8) is 0 Å². The van der Waals surface area contributed by atoms with E-state index in [4.69, 9.17) is 15.9 Å². The third kappa shape index (κ3) is 3.39. The Hall–Kier alpha value is -0.650. The number of nitrogens with two attached hydrogens (primary N) is 1. The van der Waals surface area contributed by atoms with Crippen LogP contribution in [0.5, 0.6) is 0 Å². The van der Waals surface area contributed by atoms with Crippen LogP contribution in [0.2, 0.25) is 0 Å². The van der Waals surface area contributed by atoms with Crippen LogP contribution >= 0.6 is 0 Å². The molecular weight excluding hydrogens is 138 g/mol. The number of aliphatic hydroxyl groups excluding tert-OH is 2. The Kier molecular flexibility index (Phi) is 4.82. The molecule has 60 valence electrons. The third-order valence-electron chi connectivity index (χ3n) is 0.872. The zero-order valence-electron chi connectivity index (χ0n) is 5.49. The van der Waals surface area contributed by atoms with Crippen molar-refractivity contribution >= 4 is 5.97 Å². The van der Waals surface area contributed by atoms with Crippen LogP contribution in [0.1, 0.15) is 0 Å². The lowest BCUT2D eigenvalue weighted by atomic mass is 10.4. The molecule has 0 aromatic carbocycles. The first-order valence-electron chi connectivity index (χ1n) is 2.85. The van der Waals surface area contributed by atoms with Crippen LogP contribution in [0.25, 0.3) is 0 Å². The van der Waals surface area contributed by atoms with E-state index in [1.54, 1.807) is 0 Å². The summed E-state index contributed by atoms with van der Waals surface area (Å²) < 4.78 is 4.43. The van der Waals surface area contributed by atoms with Crippen LogP contribution in [0, 0.1) is 0 Å². The van der Waals surface area contributed by atoms with Crippen LogP contribution in [-0.2, 0) is 9.53 Å². The Balaban J connectivity index is 3.52. The average Bonchev–Trinajstić information content (AvgIpc) is 1.99. The first kappa shape index (κ1) is 9.35. The molecule has 4 N–H and O–H groups in total. The van der Waals surface area contributed by atoms with E-state index in [9.17, 15) is 4.79 Å². The van der Waals surface area contributed by atoms with Gasteiger partial charge in [-0.3, -0.25) is 4.79 Å². The minimum absolute atomic E-state index is 0.240. The highest BCUT2D eigenvalue weighted by atomic mass is 16.6. The number of esters is 1. The lowest BCUT2D eigenvalue weighted by Gasteiger charge is -2.10. The van der Waals surface area contributed by atoms with Gasteiger partial charge < -0.3 is 20.7 Å². The smallest absolute Gasteiger partial charge is 0.320 e. The highest BCUT2D eigenvalue weighted by Gasteiger charge is 2.09. The first-order valence-corrected chi connectivity index (χ1v) is 2.85. The summed E-state index contributed by atoms with van der Waals surface area (Å²) in [7, 11) is 0. The van der Waals surface area contributed by atoms with E-state index >= 15 is 0 Å². The van der Waals surface area contributed by atoms with Gasteiger partial charge in [0.1, 0.15) is 6.10 Å². The molecular formula is C5H11NO4. The molecule has 0 unspecified atom stereocenters. The van der Waals surface area contributed by atoms with E-state index in [2.05, 4.69) is 4.74 Å². The predicted molar refractivity (Wildman–Crippen MR) is 33.1 cm³/mol. The topological polar surface area (TPSA) is 92.8 Å². The molecule has 0 spiro atoms. The van der Waals surface area contributed by atoms with Crippen molar-refractivity contribution in [3.05, 3.63) is 0 Å². The van der Waals surface area contributed by atoms with Crippen molar-refractivity contribution in [2.45, 2.75) is 6.10 Å². The number of rotatable bonds is 4. The van der Waals surface area contributed by atoms with Gasteiger partial charge in [0.25, 0.3) is 0 Å². The molecule has 0 atom stereocenters. The molecule has 0 amide bonds. The summed E-state index contributed by atoms with van der Waals surface area (Å²) in [6.07, 6.45) is -0.837. The second-order valence-electron chi connectivity index (χ2n) is 1.68. The Labute approximate surface area is 58.4 Å². The highest BCUT2D eigenvalue weighted by molar-refractivity contribution is 5.71. The second kappa shape index (κ2) is 5.16. The molecule has 0 radical (unpaired) electrons. The van der Waals surface area contributed by atoms with Gasteiger partial charge in [0.15, 0.2) is 0 Å². The molecule has 0 aromatic rings. The zero-order valence-corrected chi connectivity index (χ0v) is 5.49. The summed E-state index contributed by atoms with van der Waals surface area (Å²) in [5.74, 6) is -0.631. The number of hydrogen-bond acceptors (Lipinski definition) is 5. The van der Waals surface area contributed by atoms with Crippen molar-refractivity contribution in [3.8, 4) is 0 Å². The zero-order chi connectivity index (χ0) is 7.98. The lowest BCUT2D eigenvalue weighted by Crippen LogP contribution is -2.29. The Morgan fingerprint density at radius 1 is 1.50 bits per heavy atom. The van der Waals surface area contributed by atoms with Gasteiger partial charge in [0.05, 0.1) is 19.8 Å². The third-order valence-corrected chi connectivity index (χ3v) is 0.872. The van der Waals surface area contributed by atoms with Crippen molar-refractivity contribution in [1.29, 1.82) is 0 Å². The Morgan fingerprint density at radius 3 is 2.30 bits per heavy atom. The quantitative estimate of drug-likeness (QED) is 0.396. The first-order chi connectivity index (χ1) is 4.74. The van der Waals surface area contributed by atoms with Gasteiger partial charge in [0, 0.05) is 0 Å². The van der Waals surface area contributed by atoms with Crippen LogP contribution in [0.4, 0.5) is 0 Å². The van der Waals surface area contributed by atoms with Gasteiger partial charge in [-0.1, -0.05) is 0 Å². The fourth-order valence-corrected chi connectivity index (χ4v) is 0.366. The Morgan fingerprint density at radius 2 is 2.00 bits per heavy atom. The minimum atomic E-state index is -0.837. The SMILES string of the molecule is NCC(=O)OC(CO)CO. The van der Waals surface area contributed by atoms with Gasteiger partial charge in [-0.2, -0.15) is 0 Å². The van der Waals surface area contributed by atoms with Gasteiger partial charge in [-0.15, -0.1) is 0 Å². The monoisotopic (exact) mass is 149 g/mol. The summed E-state index contributed by atoms with van der Waals surface area (Å²) in [5, 5.41) is 16.8. The molecule has 0 bridgehead atoms. The molecule has 0 aliphatic carbocycles. The fourth-order valence-electron chi connectivity index (χ4n) is 0.366. The number of hydrogen-bond donors (Lipinski definition) is 3. The molecule has 0 fully saturated rings. The lowest BCUT2D eigenvalue weighted by molar-refractivity contribution is -0.151. The molecule has 0 heterocycles. The standard InChI is InChI=1S/C5H11NO4/c6-1-5(9)10-4(2-7)3-8/h4,7-8H,1-3,6H2. The summed E-state index contributed by atoms with van der Waals surface area (Å²) >= 11 is 0. The van der Waals surface area contributed by atoms with Gasteiger partial charge >= 0.3 is 5.97 Å². The minimum Gasteiger partial charge on any atom is -0.457 e. The summed E-state index contributed by atoms with van der Waals surface area (Å²) in [6, 6.07) is 0. The largest absolute Gasteiger partial charge is 0.457 e. The second-order valence-corrected chi connectivity index (χ2v) is 1.68. The van der Waals surface area contributed by atoms with Crippen LogP contribution < -0.4 is 5.73 Å². The number of carbonyl (C=O) groups excluding carboxylic acids is 1. The van der Waals surface area contributed by atoms with E-state index in [1.807, 2.05) is 0 Å². The predicted octanol–water partition coefficient (Wildman–Crippen LogP) is -2.16. The maximum absolute atomic E-state index is 10.4. The van der Waals surface area contributed by atoms with Gasteiger partial charge in [-0.05, 0) is 0 Å².